The highest BCUT2D eigenvalue weighted by atomic mass is 19.4. The summed E-state index contributed by atoms with van der Waals surface area (Å²) < 4.78 is 101. The SMILES string of the molecule is C1CCOC1.C[C@@H](OC[C@](N)(CO)c1ccc(F)cc1)c1cc(C(F)(F)F)cc(C(F)(F)F)c1. The lowest BCUT2D eigenvalue weighted by atomic mass is 9.92. The van der Waals surface area contributed by atoms with Crippen molar-refractivity contribution in [3.05, 3.63) is 70.5 Å². The summed E-state index contributed by atoms with van der Waals surface area (Å²) in [4.78, 5) is 0. The summed E-state index contributed by atoms with van der Waals surface area (Å²) in [5.74, 6) is -0.549. The molecule has 1 saturated heterocycles. The fourth-order valence-electron chi connectivity index (χ4n) is 3.10. The molecule has 190 valence electrons. The van der Waals surface area contributed by atoms with Crippen molar-refractivity contribution in [2.45, 2.75) is 43.8 Å². The molecule has 0 unspecified atom stereocenters. The highest BCUT2D eigenvalue weighted by molar-refractivity contribution is 5.35. The second-order valence-corrected chi connectivity index (χ2v) is 7.93. The molecule has 3 rings (SSSR count). The zero-order valence-corrected chi connectivity index (χ0v) is 18.3. The van der Waals surface area contributed by atoms with Gasteiger partial charge in [0.15, 0.2) is 0 Å². The molecule has 34 heavy (non-hydrogen) atoms. The van der Waals surface area contributed by atoms with Gasteiger partial charge in [0.25, 0.3) is 0 Å². The van der Waals surface area contributed by atoms with E-state index in [1.807, 2.05) is 0 Å². The molecule has 0 saturated carbocycles. The first-order valence-electron chi connectivity index (χ1n) is 10.4. The summed E-state index contributed by atoms with van der Waals surface area (Å²) in [6.45, 7) is 2.17. The zero-order chi connectivity index (χ0) is 25.6. The van der Waals surface area contributed by atoms with Crippen LogP contribution in [0.4, 0.5) is 30.7 Å². The van der Waals surface area contributed by atoms with Crippen LogP contribution in [0.25, 0.3) is 0 Å². The number of hydrogen-bond acceptors (Lipinski definition) is 4. The lowest BCUT2D eigenvalue weighted by molar-refractivity contribution is -0.143. The number of ether oxygens (including phenoxy) is 2. The summed E-state index contributed by atoms with van der Waals surface area (Å²) >= 11 is 0. The van der Waals surface area contributed by atoms with Crippen LogP contribution in [-0.4, -0.2) is 31.5 Å². The molecule has 4 nitrogen and oxygen atoms in total. The number of alkyl halides is 6. The van der Waals surface area contributed by atoms with Gasteiger partial charge in [-0.15, -0.1) is 0 Å². The molecule has 3 N–H and O–H groups in total. The number of rotatable bonds is 6. The van der Waals surface area contributed by atoms with E-state index in [0.717, 1.165) is 25.3 Å². The van der Waals surface area contributed by atoms with Crippen LogP contribution in [0.3, 0.4) is 0 Å². The van der Waals surface area contributed by atoms with E-state index in [-0.39, 0.29) is 17.2 Å². The van der Waals surface area contributed by atoms with Gasteiger partial charge < -0.3 is 20.3 Å². The minimum absolute atomic E-state index is 0.0235. The van der Waals surface area contributed by atoms with Gasteiger partial charge >= 0.3 is 12.4 Å². The van der Waals surface area contributed by atoms with Crippen molar-refractivity contribution in [2.75, 3.05) is 26.4 Å². The van der Waals surface area contributed by atoms with Gasteiger partial charge in [-0.2, -0.15) is 26.3 Å². The van der Waals surface area contributed by atoms with Crippen LogP contribution in [-0.2, 0) is 27.4 Å². The van der Waals surface area contributed by atoms with Crippen LogP contribution in [0.15, 0.2) is 42.5 Å². The summed E-state index contributed by atoms with van der Waals surface area (Å²) in [5.41, 5.74) is 1.51. The molecule has 0 amide bonds. The van der Waals surface area contributed by atoms with Crippen LogP contribution < -0.4 is 5.73 Å². The first kappa shape index (κ1) is 28.0. The average molecular weight is 497 g/mol. The van der Waals surface area contributed by atoms with Crippen molar-refractivity contribution in [2.24, 2.45) is 5.73 Å². The van der Waals surface area contributed by atoms with Crippen molar-refractivity contribution in [3.8, 4) is 0 Å². The molecule has 2 aromatic rings. The molecular weight excluding hydrogens is 471 g/mol. The van der Waals surface area contributed by atoms with Crippen LogP contribution in [0.1, 0.15) is 48.1 Å². The Labute approximate surface area is 192 Å². The van der Waals surface area contributed by atoms with Crippen molar-refractivity contribution >= 4 is 0 Å². The standard InChI is InChI=1S/C19H18F7NO2.C4H8O/c1-11(29-10-17(27,9-28)13-2-4-16(20)5-3-13)12-6-14(18(21,22)23)8-15(7-12)19(24,25)26;1-2-4-5-3-1/h2-8,11,28H,9-10,27H2,1H3;1-4H2/t11-,17-;/m1./s1. The highest BCUT2D eigenvalue weighted by Crippen LogP contribution is 2.38. The zero-order valence-electron chi connectivity index (χ0n) is 18.3. The predicted molar refractivity (Wildman–Crippen MR) is 110 cm³/mol. The Morgan fingerprint density at radius 3 is 1.79 bits per heavy atom. The number of nitrogens with two attached hydrogens (primary N) is 1. The van der Waals surface area contributed by atoms with Gasteiger partial charge in [-0.1, -0.05) is 12.1 Å². The van der Waals surface area contributed by atoms with Crippen molar-refractivity contribution in [1.82, 2.24) is 0 Å². The summed E-state index contributed by atoms with van der Waals surface area (Å²) in [5, 5.41) is 9.60. The normalized spacial score (nSPS) is 17.0. The molecule has 1 heterocycles. The van der Waals surface area contributed by atoms with Gasteiger partial charge in [0, 0.05) is 13.2 Å². The third-order valence-corrected chi connectivity index (χ3v) is 5.20. The van der Waals surface area contributed by atoms with Gasteiger partial charge in [-0.05, 0) is 61.2 Å². The Bertz CT molecular complexity index is 872. The predicted octanol–water partition coefficient (Wildman–Crippen LogP) is 5.58. The number of aliphatic hydroxyl groups excluding tert-OH is 1. The average Bonchev–Trinajstić information content (AvgIpc) is 3.36. The highest BCUT2D eigenvalue weighted by Gasteiger charge is 2.37. The molecule has 1 aliphatic heterocycles. The van der Waals surface area contributed by atoms with E-state index in [1.165, 1.54) is 31.9 Å². The first-order valence-corrected chi connectivity index (χ1v) is 10.4. The summed E-state index contributed by atoms with van der Waals surface area (Å²) in [6.07, 6.45) is -8.60. The van der Waals surface area contributed by atoms with E-state index in [0.29, 0.717) is 12.1 Å². The molecule has 0 spiro atoms. The third-order valence-electron chi connectivity index (χ3n) is 5.20. The largest absolute Gasteiger partial charge is 0.416 e. The quantitative estimate of drug-likeness (QED) is 0.512. The van der Waals surface area contributed by atoms with Crippen molar-refractivity contribution in [1.29, 1.82) is 0 Å². The van der Waals surface area contributed by atoms with Crippen LogP contribution in [0.2, 0.25) is 0 Å². The molecule has 0 aromatic heterocycles. The minimum atomic E-state index is -4.98. The van der Waals surface area contributed by atoms with E-state index in [4.69, 9.17) is 15.2 Å². The van der Waals surface area contributed by atoms with E-state index >= 15 is 0 Å². The Kier molecular flexibility index (Phi) is 9.46. The molecule has 0 radical (unpaired) electrons. The van der Waals surface area contributed by atoms with E-state index in [2.05, 4.69) is 0 Å². The fourth-order valence-corrected chi connectivity index (χ4v) is 3.10. The lowest BCUT2D eigenvalue weighted by Crippen LogP contribution is -2.45. The minimum Gasteiger partial charge on any atom is -0.394 e. The van der Waals surface area contributed by atoms with Gasteiger partial charge in [0.1, 0.15) is 5.82 Å². The second-order valence-electron chi connectivity index (χ2n) is 7.93. The first-order chi connectivity index (χ1) is 15.8. The molecule has 0 bridgehead atoms. The smallest absolute Gasteiger partial charge is 0.394 e. The summed E-state index contributed by atoms with van der Waals surface area (Å²) in [6, 6.07) is 5.94. The number of hydrogen-bond donors (Lipinski definition) is 2. The molecule has 1 aliphatic rings. The van der Waals surface area contributed by atoms with Gasteiger partial charge in [-0.25, -0.2) is 4.39 Å². The Balaban J connectivity index is 0.000000720. The molecule has 2 aromatic carbocycles. The van der Waals surface area contributed by atoms with E-state index < -0.39 is 54.2 Å². The fraction of sp³-hybridized carbons (Fsp3) is 0.478. The van der Waals surface area contributed by atoms with Crippen molar-refractivity contribution in [3.63, 3.8) is 0 Å². The Morgan fingerprint density at radius 1 is 0.912 bits per heavy atom. The second kappa shape index (κ2) is 11.5. The molecule has 2 atom stereocenters. The summed E-state index contributed by atoms with van der Waals surface area (Å²) in [7, 11) is 0. The number of halogens is 7. The van der Waals surface area contributed by atoms with E-state index in [1.54, 1.807) is 0 Å². The topological polar surface area (TPSA) is 64.7 Å². The molecular formula is C23H26F7NO3. The number of benzene rings is 2. The van der Waals surface area contributed by atoms with Gasteiger partial charge in [0.2, 0.25) is 0 Å². The lowest BCUT2D eigenvalue weighted by Gasteiger charge is -2.29. The maximum atomic E-state index is 13.1. The number of aliphatic hydroxyl groups is 1. The third kappa shape index (κ3) is 7.93. The van der Waals surface area contributed by atoms with Crippen LogP contribution in [0, 0.1) is 5.82 Å². The molecule has 0 aliphatic carbocycles. The maximum Gasteiger partial charge on any atom is 0.416 e. The molecule has 11 heteroatoms. The van der Waals surface area contributed by atoms with Gasteiger partial charge in [-0.3, -0.25) is 0 Å². The van der Waals surface area contributed by atoms with Gasteiger partial charge in [0.05, 0.1) is 36.0 Å². The monoisotopic (exact) mass is 497 g/mol. The Morgan fingerprint density at radius 2 is 1.41 bits per heavy atom. The maximum absolute atomic E-state index is 13.1. The van der Waals surface area contributed by atoms with Crippen LogP contribution in [0.5, 0.6) is 0 Å². The van der Waals surface area contributed by atoms with E-state index in [9.17, 15) is 35.8 Å². The Hall–Kier alpha value is -2.21. The molecule has 1 fully saturated rings. The van der Waals surface area contributed by atoms with Crippen molar-refractivity contribution < 1.29 is 45.3 Å². The van der Waals surface area contributed by atoms with Crippen LogP contribution >= 0.6 is 0 Å².